The highest BCUT2D eigenvalue weighted by atomic mass is 35.5. The fourth-order valence-electron chi connectivity index (χ4n) is 2.36. The second-order valence-corrected chi connectivity index (χ2v) is 6.71. The summed E-state index contributed by atoms with van der Waals surface area (Å²) in [6.07, 6.45) is 1.19. The van der Waals surface area contributed by atoms with Crippen molar-refractivity contribution in [3.05, 3.63) is 22.7 Å². The minimum atomic E-state index is 0.258. The van der Waals surface area contributed by atoms with Crippen LogP contribution in [-0.2, 0) is 0 Å². The number of nitrogen functional groups attached to an aromatic ring is 1. The molecule has 3 N–H and O–H groups in total. The van der Waals surface area contributed by atoms with Crippen LogP contribution in [0.2, 0.25) is 5.02 Å². The molecule has 0 spiro atoms. The van der Waals surface area contributed by atoms with Gasteiger partial charge in [-0.2, -0.15) is 0 Å². The molecule has 0 saturated heterocycles. The molecular weight excluding hydrogens is 244 g/mol. The van der Waals surface area contributed by atoms with Gasteiger partial charge in [0, 0.05) is 11.6 Å². The Bertz CT molecular complexity index is 411. The van der Waals surface area contributed by atoms with E-state index in [0.29, 0.717) is 11.6 Å². The van der Waals surface area contributed by atoms with Crippen molar-refractivity contribution in [3.8, 4) is 0 Å². The zero-order valence-corrected chi connectivity index (χ0v) is 12.9. The van der Waals surface area contributed by atoms with Gasteiger partial charge in [0.05, 0.1) is 11.4 Å². The topological polar surface area (TPSA) is 38.0 Å². The zero-order valence-electron chi connectivity index (χ0n) is 12.1. The number of rotatable bonds is 5. The molecule has 0 heterocycles. The summed E-state index contributed by atoms with van der Waals surface area (Å²) in [4.78, 5) is 0. The van der Waals surface area contributed by atoms with Gasteiger partial charge in [0.15, 0.2) is 0 Å². The van der Waals surface area contributed by atoms with Gasteiger partial charge in [-0.15, -0.1) is 0 Å². The van der Waals surface area contributed by atoms with Crippen molar-refractivity contribution in [2.24, 2.45) is 11.3 Å². The SMILES string of the molecule is Cc1cc(NCC(C)(C)CC(C)C)c(N)cc1Cl. The second kappa shape index (κ2) is 5.83. The molecule has 102 valence electrons. The summed E-state index contributed by atoms with van der Waals surface area (Å²) < 4.78 is 0. The van der Waals surface area contributed by atoms with E-state index in [1.54, 1.807) is 0 Å². The van der Waals surface area contributed by atoms with E-state index in [0.717, 1.165) is 22.8 Å². The van der Waals surface area contributed by atoms with Gasteiger partial charge >= 0.3 is 0 Å². The second-order valence-electron chi connectivity index (χ2n) is 6.30. The smallest absolute Gasteiger partial charge is 0.0577 e. The van der Waals surface area contributed by atoms with E-state index in [1.165, 1.54) is 6.42 Å². The molecule has 0 aliphatic carbocycles. The van der Waals surface area contributed by atoms with Crippen LogP contribution in [0.25, 0.3) is 0 Å². The Morgan fingerprint density at radius 1 is 1.33 bits per heavy atom. The maximum absolute atomic E-state index is 6.04. The number of aryl methyl sites for hydroxylation is 1. The van der Waals surface area contributed by atoms with E-state index < -0.39 is 0 Å². The lowest BCUT2D eigenvalue weighted by Crippen LogP contribution is -2.25. The number of nitrogens with two attached hydrogens (primary N) is 1. The maximum Gasteiger partial charge on any atom is 0.0577 e. The van der Waals surface area contributed by atoms with E-state index in [-0.39, 0.29) is 5.41 Å². The van der Waals surface area contributed by atoms with Crippen LogP contribution in [0.15, 0.2) is 12.1 Å². The van der Waals surface area contributed by atoms with E-state index in [2.05, 4.69) is 33.0 Å². The largest absolute Gasteiger partial charge is 0.397 e. The molecule has 0 fully saturated rings. The van der Waals surface area contributed by atoms with Gasteiger partial charge in [0.25, 0.3) is 0 Å². The summed E-state index contributed by atoms with van der Waals surface area (Å²) in [5, 5.41) is 4.16. The average Bonchev–Trinajstić information content (AvgIpc) is 2.19. The van der Waals surface area contributed by atoms with Crippen LogP contribution in [0.4, 0.5) is 11.4 Å². The van der Waals surface area contributed by atoms with Crippen molar-refractivity contribution in [3.63, 3.8) is 0 Å². The Morgan fingerprint density at radius 3 is 2.50 bits per heavy atom. The molecule has 0 aromatic heterocycles. The number of hydrogen-bond acceptors (Lipinski definition) is 2. The summed E-state index contributed by atoms with van der Waals surface area (Å²) in [5.74, 6) is 0.700. The number of benzene rings is 1. The quantitative estimate of drug-likeness (QED) is 0.759. The number of nitrogens with one attached hydrogen (secondary N) is 1. The lowest BCUT2D eigenvalue weighted by atomic mass is 9.84. The molecule has 1 aromatic carbocycles. The highest BCUT2D eigenvalue weighted by Crippen LogP contribution is 2.30. The van der Waals surface area contributed by atoms with Gasteiger partial charge in [-0.05, 0) is 42.4 Å². The normalized spacial score (nSPS) is 11.9. The van der Waals surface area contributed by atoms with Gasteiger partial charge < -0.3 is 11.1 Å². The van der Waals surface area contributed by atoms with Crippen molar-refractivity contribution in [2.45, 2.75) is 41.0 Å². The Labute approximate surface area is 116 Å². The van der Waals surface area contributed by atoms with E-state index in [4.69, 9.17) is 17.3 Å². The minimum absolute atomic E-state index is 0.258. The zero-order chi connectivity index (χ0) is 13.9. The molecule has 0 bridgehead atoms. The summed E-state index contributed by atoms with van der Waals surface area (Å²) in [6, 6.07) is 3.83. The third-order valence-electron chi connectivity index (χ3n) is 3.05. The molecule has 1 rings (SSSR count). The first-order chi connectivity index (χ1) is 8.21. The molecule has 0 atom stereocenters. The highest BCUT2D eigenvalue weighted by molar-refractivity contribution is 6.31. The van der Waals surface area contributed by atoms with Crippen LogP contribution >= 0.6 is 11.6 Å². The van der Waals surface area contributed by atoms with Crippen molar-refractivity contribution < 1.29 is 0 Å². The number of hydrogen-bond donors (Lipinski definition) is 2. The molecule has 18 heavy (non-hydrogen) atoms. The van der Waals surface area contributed by atoms with Crippen LogP contribution in [-0.4, -0.2) is 6.54 Å². The van der Waals surface area contributed by atoms with Crippen molar-refractivity contribution >= 4 is 23.0 Å². The Morgan fingerprint density at radius 2 is 1.94 bits per heavy atom. The van der Waals surface area contributed by atoms with E-state index >= 15 is 0 Å². The Balaban J connectivity index is 2.72. The lowest BCUT2D eigenvalue weighted by molar-refractivity contribution is 0.306. The summed E-state index contributed by atoms with van der Waals surface area (Å²) in [5.41, 5.74) is 8.98. The van der Waals surface area contributed by atoms with Crippen molar-refractivity contribution in [2.75, 3.05) is 17.6 Å². The number of halogens is 1. The predicted molar refractivity (Wildman–Crippen MR) is 82.3 cm³/mol. The Kier molecular flexibility index (Phi) is 4.92. The molecule has 1 aromatic rings. The van der Waals surface area contributed by atoms with Crippen molar-refractivity contribution in [1.82, 2.24) is 0 Å². The highest BCUT2D eigenvalue weighted by Gasteiger charge is 2.19. The molecule has 0 unspecified atom stereocenters. The van der Waals surface area contributed by atoms with Crippen LogP contribution in [0.5, 0.6) is 0 Å². The van der Waals surface area contributed by atoms with Gasteiger partial charge in [-0.25, -0.2) is 0 Å². The predicted octanol–water partition coefficient (Wildman–Crippen LogP) is 4.71. The van der Waals surface area contributed by atoms with Gasteiger partial charge in [0.1, 0.15) is 0 Å². The monoisotopic (exact) mass is 268 g/mol. The molecular formula is C15H25ClN2. The van der Waals surface area contributed by atoms with Gasteiger partial charge in [-0.3, -0.25) is 0 Å². The third kappa shape index (κ3) is 4.41. The molecule has 0 amide bonds. The van der Waals surface area contributed by atoms with Gasteiger partial charge in [-0.1, -0.05) is 39.3 Å². The van der Waals surface area contributed by atoms with Crippen LogP contribution in [0.3, 0.4) is 0 Å². The van der Waals surface area contributed by atoms with Crippen LogP contribution in [0.1, 0.15) is 39.7 Å². The summed E-state index contributed by atoms with van der Waals surface area (Å²) in [6.45, 7) is 12.0. The minimum Gasteiger partial charge on any atom is -0.397 e. The molecule has 2 nitrogen and oxygen atoms in total. The first-order valence-electron chi connectivity index (χ1n) is 6.51. The fraction of sp³-hybridized carbons (Fsp3) is 0.600. The third-order valence-corrected chi connectivity index (χ3v) is 3.46. The summed E-state index contributed by atoms with van der Waals surface area (Å²) >= 11 is 6.04. The van der Waals surface area contributed by atoms with Crippen molar-refractivity contribution in [1.29, 1.82) is 0 Å². The van der Waals surface area contributed by atoms with E-state index in [9.17, 15) is 0 Å². The lowest BCUT2D eigenvalue weighted by Gasteiger charge is -2.28. The molecule has 0 aliphatic heterocycles. The maximum atomic E-state index is 6.04. The number of anilines is 2. The standard InChI is InChI=1S/C15H25ClN2/c1-10(2)8-15(4,5)9-18-14-6-11(3)12(16)7-13(14)17/h6-7,10,18H,8-9,17H2,1-5H3. The average molecular weight is 269 g/mol. The molecule has 0 saturated carbocycles. The molecule has 3 heteroatoms. The fourth-order valence-corrected chi connectivity index (χ4v) is 2.53. The first-order valence-corrected chi connectivity index (χ1v) is 6.88. The van der Waals surface area contributed by atoms with Crippen LogP contribution in [0, 0.1) is 18.3 Å². The summed E-state index contributed by atoms with van der Waals surface area (Å²) in [7, 11) is 0. The first kappa shape index (κ1) is 15.2. The van der Waals surface area contributed by atoms with Gasteiger partial charge in [0.2, 0.25) is 0 Å². The van der Waals surface area contributed by atoms with E-state index in [1.807, 2.05) is 19.1 Å². The van der Waals surface area contributed by atoms with Crippen LogP contribution < -0.4 is 11.1 Å². The molecule has 0 radical (unpaired) electrons. The molecule has 0 aliphatic rings. The Hall–Kier alpha value is -0.890.